The van der Waals surface area contributed by atoms with Crippen LogP contribution in [0.25, 0.3) is 0 Å². The molecule has 0 bridgehead atoms. The Morgan fingerprint density at radius 2 is 1.84 bits per heavy atom. The van der Waals surface area contributed by atoms with Gasteiger partial charge in [-0.1, -0.05) is 32.4 Å². The average molecular weight is 356 g/mol. The highest BCUT2D eigenvalue weighted by atomic mass is 32.1. The quantitative estimate of drug-likeness (QED) is 0.816. The lowest BCUT2D eigenvalue weighted by Gasteiger charge is -2.19. The molecule has 25 heavy (non-hydrogen) atoms. The Kier molecular flexibility index (Phi) is 5.53. The number of carbonyl (C=O) groups is 2. The van der Waals surface area contributed by atoms with Gasteiger partial charge in [0.2, 0.25) is 0 Å². The molecule has 0 saturated heterocycles. The summed E-state index contributed by atoms with van der Waals surface area (Å²) in [5.74, 6) is 0.179. The minimum atomic E-state index is -0.302. The topological polar surface area (TPSA) is 58.2 Å². The molecule has 0 aliphatic heterocycles. The van der Waals surface area contributed by atoms with Gasteiger partial charge in [0.05, 0.1) is 4.88 Å². The van der Waals surface area contributed by atoms with Crippen molar-refractivity contribution in [3.8, 4) is 0 Å². The maximum Gasteiger partial charge on any atom is 0.279 e. The summed E-state index contributed by atoms with van der Waals surface area (Å²) < 4.78 is 0. The summed E-state index contributed by atoms with van der Waals surface area (Å²) in [7, 11) is 0. The molecule has 1 atom stereocenters. The van der Waals surface area contributed by atoms with Gasteiger partial charge in [-0.25, -0.2) is 0 Å². The monoisotopic (exact) mass is 356 g/mol. The fourth-order valence-electron chi connectivity index (χ4n) is 3.20. The maximum atomic E-state index is 12.3. The van der Waals surface area contributed by atoms with E-state index >= 15 is 0 Å². The molecule has 0 spiro atoms. The number of hydrogen-bond donors (Lipinski definition) is 2. The zero-order chi connectivity index (χ0) is 17.8. The first-order chi connectivity index (χ1) is 12.1. The normalized spacial score (nSPS) is 16.2. The Hall–Kier alpha value is -2.14. The van der Waals surface area contributed by atoms with Crippen molar-refractivity contribution in [3.63, 3.8) is 0 Å². The summed E-state index contributed by atoms with van der Waals surface area (Å²) in [6.45, 7) is 4.29. The first kappa shape index (κ1) is 17.7. The van der Waals surface area contributed by atoms with Crippen LogP contribution in [-0.4, -0.2) is 11.8 Å². The number of thiophene rings is 1. The number of hydrazine groups is 1. The number of benzene rings is 1. The second-order valence-electron chi connectivity index (χ2n) is 6.53. The molecule has 2 aromatic rings. The van der Waals surface area contributed by atoms with E-state index in [9.17, 15) is 9.59 Å². The summed E-state index contributed by atoms with van der Waals surface area (Å²) in [5.41, 5.74) is 8.05. The van der Waals surface area contributed by atoms with Crippen molar-refractivity contribution >= 4 is 23.2 Å². The zero-order valence-corrected chi connectivity index (χ0v) is 15.5. The summed E-state index contributed by atoms with van der Waals surface area (Å²) in [6, 6.07) is 9.38. The molecule has 5 heteroatoms. The molecule has 132 valence electrons. The molecule has 4 nitrogen and oxygen atoms in total. The molecule has 0 fully saturated rings. The van der Waals surface area contributed by atoms with E-state index in [0.717, 1.165) is 25.2 Å². The molecule has 0 radical (unpaired) electrons. The molecule has 1 aliphatic rings. The van der Waals surface area contributed by atoms with Crippen LogP contribution in [0.15, 0.2) is 30.3 Å². The standard InChI is InChI=1S/C20H24N2O2S/c1-3-13-5-8-15(9-6-13)19(23)21-22-20(24)18-12-16-11-14(4-2)7-10-17(16)25-18/h5-6,8-9,12,14H,3-4,7,10-11H2,1-2H3,(H,21,23)(H,22,24)/t14-/m0/s1. The third-order valence-corrected chi connectivity index (χ3v) is 6.14. The van der Waals surface area contributed by atoms with E-state index in [0.29, 0.717) is 10.4 Å². The first-order valence-corrected chi connectivity index (χ1v) is 9.73. The van der Waals surface area contributed by atoms with Crippen LogP contribution in [0.3, 0.4) is 0 Å². The average Bonchev–Trinajstić information content (AvgIpc) is 3.09. The lowest BCUT2D eigenvalue weighted by molar-refractivity contribution is 0.0849. The molecule has 1 aromatic heterocycles. The number of amides is 2. The van der Waals surface area contributed by atoms with Gasteiger partial charge < -0.3 is 0 Å². The predicted molar refractivity (Wildman–Crippen MR) is 101 cm³/mol. The first-order valence-electron chi connectivity index (χ1n) is 8.91. The number of hydrogen-bond acceptors (Lipinski definition) is 3. The van der Waals surface area contributed by atoms with Gasteiger partial charge in [0.25, 0.3) is 11.8 Å². The summed E-state index contributed by atoms with van der Waals surface area (Å²) in [5, 5.41) is 0. The van der Waals surface area contributed by atoms with Crippen molar-refractivity contribution in [3.05, 3.63) is 56.8 Å². The Morgan fingerprint density at radius 3 is 2.52 bits per heavy atom. The maximum absolute atomic E-state index is 12.3. The largest absolute Gasteiger partial charge is 0.279 e. The van der Waals surface area contributed by atoms with Crippen molar-refractivity contribution < 1.29 is 9.59 Å². The number of aryl methyl sites for hydroxylation is 2. The van der Waals surface area contributed by atoms with Crippen molar-refractivity contribution in [1.82, 2.24) is 10.9 Å². The van der Waals surface area contributed by atoms with Gasteiger partial charge >= 0.3 is 0 Å². The van der Waals surface area contributed by atoms with Gasteiger partial charge in [-0.2, -0.15) is 0 Å². The lowest BCUT2D eigenvalue weighted by Crippen LogP contribution is -2.41. The van der Waals surface area contributed by atoms with Crippen molar-refractivity contribution in [2.24, 2.45) is 5.92 Å². The van der Waals surface area contributed by atoms with E-state index in [-0.39, 0.29) is 11.8 Å². The molecule has 1 aromatic carbocycles. The van der Waals surface area contributed by atoms with Crippen LogP contribution in [0, 0.1) is 5.92 Å². The van der Waals surface area contributed by atoms with Gasteiger partial charge in [-0.15, -0.1) is 11.3 Å². The van der Waals surface area contributed by atoms with E-state index in [1.807, 2.05) is 18.2 Å². The van der Waals surface area contributed by atoms with Gasteiger partial charge in [0.1, 0.15) is 0 Å². The number of rotatable bonds is 4. The van der Waals surface area contributed by atoms with E-state index in [1.165, 1.54) is 28.8 Å². The molecule has 2 amide bonds. The van der Waals surface area contributed by atoms with Crippen LogP contribution < -0.4 is 10.9 Å². The molecule has 3 rings (SSSR count). The van der Waals surface area contributed by atoms with Crippen molar-refractivity contribution in [1.29, 1.82) is 0 Å². The molecular formula is C20H24N2O2S. The molecule has 0 unspecified atom stereocenters. The van der Waals surface area contributed by atoms with E-state index < -0.39 is 0 Å². The minimum absolute atomic E-state index is 0.244. The lowest BCUT2D eigenvalue weighted by atomic mass is 9.87. The zero-order valence-electron chi connectivity index (χ0n) is 14.7. The minimum Gasteiger partial charge on any atom is -0.267 e. The Morgan fingerprint density at radius 1 is 1.12 bits per heavy atom. The van der Waals surface area contributed by atoms with Crippen LogP contribution in [0.4, 0.5) is 0 Å². The SMILES string of the molecule is CCc1ccc(C(=O)NNC(=O)c2cc3c(s2)CC[C@H](CC)C3)cc1. The van der Waals surface area contributed by atoms with Crippen LogP contribution in [0.1, 0.15) is 62.7 Å². The third kappa shape index (κ3) is 4.10. The summed E-state index contributed by atoms with van der Waals surface area (Å²) >= 11 is 1.55. The Bertz CT molecular complexity index is 765. The summed E-state index contributed by atoms with van der Waals surface area (Å²) in [4.78, 5) is 26.5. The fourth-order valence-corrected chi connectivity index (χ4v) is 4.30. The van der Waals surface area contributed by atoms with Crippen molar-refractivity contribution in [2.45, 2.75) is 46.0 Å². The molecule has 1 aliphatic carbocycles. The van der Waals surface area contributed by atoms with Gasteiger partial charge in [-0.05, 0) is 60.9 Å². The smallest absolute Gasteiger partial charge is 0.267 e. The van der Waals surface area contributed by atoms with E-state index in [1.54, 1.807) is 23.5 Å². The van der Waals surface area contributed by atoms with Gasteiger partial charge in [-0.3, -0.25) is 20.4 Å². The Balaban J connectivity index is 1.59. The molecule has 1 heterocycles. The highest BCUT2D eigenvalue weighted by Gasteiger charge is 2.22. The molecule has 2 N–H and O–H groups in total. The molecular weight excluding hydrogens is 332 g/mol. The molecule has 0 saturated carbocycles. The van der Waals surface area contributed by atoms with Crippen molar-refractivity contribution in [2.75, 3.05) is 0 Å². The van der Waals surface area contributed by atoms with Crippen LogP contribution in [0.2, 0.25) is 0 Å². The van der Waals surface area contributed by atoms with Gasteiger partial charge in [0.15, 0.2) is 0 Å². The van der Waals surface area contributed by atoms with Crippen LogP contribution in [0.5, 0.6) is 0 Å². The highest BCUT2D eigenvalue weighted by Crippen LogP contribution is 2.33. The van der Waals surface area contributed by atoms with Crippen LogP contribution in [-0.2, 0) is 19.3 Å². The highest BCUT2D eigenvalue weighted by molar-refractivity contribution is 7.14. The van der Waals surface area contributed by atoms with E-state index in [2.05, 4.69) is 24.7 Å². The van der Waals surface area contributed by atoms with E-state index in [4.69, 9.17) is 0 Å². The predicted octanol–water partition coefficient (Wildman–Crippen LogP) is 3.90. The van der Waals surface area contributed by atoms with Crippen LogP contribution >= 0.6 is 11.3 Å². The fraction of sp³-hybridized carbons (Fsp3) is 0.400. The Labute approximate surface area is 152 Å². The van der Waals surface area contributed by atoms with Gasteiger partial charge in [0, 0.05) is 10.4 Å². The second kappa shape index (κ2) is 7.83. The number of carbonyl (C=O) groups excluding carboxylic acids is 2. The number of nitrogens with one attached hydrogen (secondary N) is 2. The second-order valence-corrected chi connectivity index (χ2v) is 7.67. The third-order valence-electron chi connectivity index (χ3n) is 4.90. The summed E-state index contributed by atoms with van der Waals surface area (Å²) in [6.07, 6.45) is 5.44. The number of fused-ring (bicyclic) bond motifs is 1.